The molecule has 2 aromatic rings. The van der Waals surface area contributed by atoms with Crippen LogP contribution in [0.1, 0.15) is 42.4 Å². The minimum absolute atomic E-state index is 0.472. The van der Waals surface area contributed by atoms with Gasteiger partial charge in [-0.1, -0.05) is 13.8 Å². The largest absolute Gasteiger partial charge is 0.306 e. The van der Waals surface area contributed by atoms with E-state index >= 15 is 0 Å². The van der Waals surface area contributed by atoms with Gasteiger partial charge < -0.3 is 5.32 Å². The lowest BCUT2D eigenvalue weighted by Gasteiger charge is -2.06. The third-order valence-electron chi connectivity index (χ3n) is 3.46. The van der Waals surface area contributed by atoms with Gasteiger partial charge in [-0.3, -0.25) is 9.36 Å². The van der Waals surface area contributed by atoms with Crippen LogP contribution in [0.15, 0.2) is 12.3 Å². The van der Waals surface area contributed by atoms with Crippen LogP contribution in [0.2, 0.25) is 0 Å². The molecule has 0 saturated carbocycles. The maximum absolute atomic E-state index is 4.52. The fourth-order valence-corrected chi connectivity index (χ4v) is 2.11. The van der Waals surface area contributed by atoms with Gasteiger partial charge in [0.2, 0.25) is 0 Å². The highest BCUT2D eigenvalue weighted by atomic mass is 15.3. The van der Waals surface area contributed by atoms with Crippen LogP contribution in [0.25, 0.3) is 0 Å². The molecule has 0 aliphatic heterocycles. The smallest absolute Gasteiger partial charge is 0.0653 e. The molecule has 5 heteroatoms. The maximum Gasteiger partial charge on any atom is 0.0653 e. The Hall–Kier alpha value is -1.62. The second kappa shape index (κ2) is 5.57. The summed E-state index contributed by atoms with van der Waals surface area (Å²) in [6.07, 6.45) is 1.90. The highest BCUT2D eigenvalue weighted by Gasteiger charge is 2.09. The van der Waals surface area contributed by atoms with Crippen molar-refractivity contribution in [1.82, 2.24) is 24.9 Å². The predicted molar refractivity (Wildman–Crippen MR) is 75.8 cm³/mol. The molecule has 0 saturated heterocycles. The molecule has 19 heavy (non-hydrogen) atoms. The van der Waals surface area contributed by atoms with Crippen LogP contribution in [0.3, 0.4) is 0 Å². The minimum atomic E-state index is 0.472. The fraction of sp³-hybridized carbons (Fsp3) is 0.571. The summed E-state index contributed by atoms with van der Waals surface area (Å²) >= 11 is 0. The van der Waals surface area contributed by atoms with Crippen molar-refractivity contribution in [2.75, 3.05) is 0 Å². The number of nitrogens with zero attached hydrogens (tertiary/aromatic N) is 4. The van der Waals surface area contributed by atoms with Gasteiger partial charge in [0.1, 0.15) is 0 Å². The molecule has 0 amide bonds. The van der Waals surface area contributed by atoms with Gasteiger partial charge in [0.15, 0.2) is 0 Å². The first-order valence-corrected chi connectivity index (χ1v) is 6.70. The number of rotatable bonds is 5. The third kappa shape index (κ3) is 3.04. The maximum atomic E-state index is 4.52. The van der Waals surface area contributed by atoms with E-state index in [0.717, 1.165) is 18.8 Å². The lowest BCUT2D eigenvalue weighted by atomic mass is 10.1. The summed E-state index contributed by atoms with van der Waals surface area (Å²) in [6.45, 7) is 8.06. The van der Waals surface area contributed by atoms with Gasteiger partial charge in [-0.2, -0.15) is 10.2 Å². The summed E-state index contributed by atoms with van der Waals surface area (Å²) in [5.41, 5.74) is 4.81. The first-order valence-electron chi connectivity index (χ1n) is 6.70. The summed E-state index contributed by atoms with van der Waals surface area (Å²) in [6, 6.07) is 2.17. The van der Waals surface area contributed by atoms with Gasteiger partial charge >= 0.3 is 0 Å². The molecule has 0 unspecified atom stereocenters. The van der Waals surface area contributed by atoms with Crippen molar-refractivity contribution in [1.29, 1.82) is 0 Å². The Kier molecular flexibility index (Phi) is 4.04. The molecule has 0 aromatic carbocycles. The van der Waals surface area contributed by atoms with Crippen molar-refractivity contribution in [3.63, 3.8) is 0 Å². The highest BCUT2D eigenvalue weighted by molar-refractivity contribution is 5.16. The number of nitrogens with one attached hydrogen (secondary N) is 1. The molecule has 104 valence electrons. The van der Waals surface area contributed by atoms with Crippen molar-refractivity contribution >= 4 is 0 Å². The zero-order valence-electron chi connectivity index (χ0n) is 12.4. The molecule has 0 aliphatic rings. The van der Waals surface area contributed by atoms with Crippen LogP contribution in [0, 0.1) is 6.92 Å². The Labute approximate surface area is 114 Å². The van der Waals surface area contributed by atoms with Gasteiger partial charge in [-0.15, -0.1) is 0 Å². The monoisotopic (exact) mass is 261 g/mol. The molecule has 0 aliphatic carbocycles. The van der Waals surface area contributed by atoms with E-state index in [0.29, 0.717) is 5.92 Å². The van der Waals surface area contributed by atoms with Crippen LogP contribution >= 0.6 is 0 Å². The molecule has 0 fully saturated rings. The zero-order chi connectivity index (χ0) is 14.0. The number of aryl methyl sites for hydroxylation is 3. The van der Waals surface area contributed by atoms with E-state index in [1.54, 1.807) is 0 Å². The quantitative estimate of drug-likeness (QED) is 0.894. The van der Waals surface area contributed by atoms with E-state index in [2.05, 4.69) is 42.4 Å². The number of aromatic nitrogens is 4. The molecule has 1 N–H and O–H groups in total. The fourth-order valence-electron chi connectivity index (χ4n) is 2.11. The molecule has 5 nitrogen and oxygen atoms in total. The molecular formula is C14H23N5. The lowest BCUT2D eigenvalue weighted by Crippen LogP contribution is -2.17. The van der Waals surface area contributed by atoms with Crippen LogP contribution in [-0.2, 0) is 27.2 Å². The Bertz CT molecular complexity index is 531. The molecule has 0 spiro atoms. The summed E-state index contributed by atoms with van der Waals surface area (Å²) < 4.78 is 3.88. The van der Waals surface area contributed by atoms with Gasteiger partial charge in [-0.25, -0.2) is 0 Å². The second-order valence-electron chi connectivity index (χ2n) is 5.34. The molecule has 2 heterocycles. The second-order valence-corrected chi connectivity index (χ2v) is 5.34. The van der Waals surface area contributed by atoms with E-state index in [1.165, 1.54) is 17.0 Å². The lowest BCUT2D eigenvalue weighted by molar-refractivity contribution is 0.591. The summed E-state index contributed by atoms with van der Waals surface area (Å²) in [7, 11) is 3.98. The Morgan fingerprint density at radius 3 is 2.47 bits per heavy atom. The average Bonchev–Trinajstić information content (AvgIpc) is 2.87. The molecule has 2 aromatic heterocycles. The van der Waals surface area contributed by atoms with Crippen LogP contribution in [0.5, 0.6) is 0 Å². The summed E-state index contributed by atoms with van der Waals surface area (Å²) in [5, 5.41) is 12.2. The van der Waals surface area contributed by atoms with Gasteiger partial charge in [0, 0.05) is 27.2 Å². The SMILES string of the molecule is Cc1cnn(C)c1CNCc1cc(C(C)C)nn1C. The zero-order valence-corrected chi connectivity index (χ0v) is 12.4. The van der Waals surface area contributed by atoms with E-state index in [9.17, 15) is 0 Å². The molecule has 0 bridgehead atoms. The molecule has 0 atom stereocenters. The predicted octanol–water partition coefficient (Wildman–Crippen LogP) is 1.88. The van der Waals surface area contributed by atoms with Gasteiger partial charge in [0.25, 0.3) is 0 Å². The summed E-state index contributed by atoms with van der Waals surface area (Å²) in [5.74, 6) is 0.472. The van der Waals surface area contributed by atoms with E-state index in [-0.39, 0.29) is 0 Å². The van der Waals surface area contributed by atoms with Crippen LogP contribution in [-0.4, -0.2) is 19.6 Å². The topological polar surface area (TPSA) is 47.7 Å². The Morgan fingerprint density at radius 1 is 1.21 bits per heavy atom. The van der Waals surface area contributed by atoms with E-state index in [4.69, 9.17) is 0 Å². The van der Waals surface area contributed by atoms with E-state index < -0.39 is 0 Å². The summed E-state index contributed by atoms with van der Waals surface area (Å²) in [4.78, 5) is 0. The Balaban J connectivity index is 1.96. The third-order valence-corrected chi connectivity index (χ3v) is 3.46. The first-order chi connectivity index (χ1) is 8.99. The van der Waals surface area contributed by atoms with Crippen molar-refractivity contribution in [2.45, 2.75) is 39.8 Å². The molecular weight excluding hydrogens is 238 g/mol. The van der Waals surface area contributed by atoms with Crippen LogP contribution < -0.4 is 5.32 Å². The van der Waals surface area contributed by atoms with Crippen LogP contribution in [0.4, 0.5) is 0 Å². The van der Waals surface area contributed by atoms with Gasteiger partial charge in [-0.05, 0) is 24.5 Å². The number of hydrogen-bond acceptors (Lipinski definition) is 3. The average molecular weight is 261 g/mol. The van der Waals surface area contributed by atoms with Gasteiger partial charge in [0.05, 0.1) is 23.3 Å². The van der Waals surface area contributed by atoms with Crippen molar-refractivity contribution in [3.8, 4) is 0 Å². The molecule has 2 rings (SSSR count). The van der Waals surface area contributed by atoms with Crippen molar-refractivity contribution in [2.24, 2.45) is 14.1 Å². The normalized spacial score (nSPS) is 11.5. The van der Waals surface area contributed by atoms with E-state index in [1.807, 2.05) is 29.7 Å². The highest BCUT2D eigenvalue weighted by Crippen LogP contribution is 2.13. The Morgan fingerprint density at radius 2 is 1.95 bits per heavy atom. The van der Waals surface area contributed by atoms with Crippen molar-refractivity contribution < 1.29 is 0 Å². The number of hydrogen-bond donors (Lipinski definition) is 1. The van der Waals surface area contributed by atoms with Crippen molar-refractivity contribution in [3.05, 3.63) is 34.9 Å². The standard InChI is InChI=1S/C14H23N5/c1-10(2)13-6-12(18(4)17-13)8-15-9-14-11(3)7-16-19(14)5/h6-7,10,15H,8-9H2,1-5H3. The minimum Gasteiger partial charge on any atom is -0.306 e. The molecule has 0 radical (unpaired) electrons. The first kappa shape index (κ1) is 13.8.